The number of allylic oxidation sites excluding steroid dienone is 7. The van der Waals surface area contributed by atoms with Gasteiger partial charge in [-0.25, -0.2) is 0 Å². The van der Waals surface area contributed by atoms with Crippen molar-refractivity contribution in [2.45, 2.75) is 283 Å². The van der Waals surface area contributed by atoms with Crippen LogP contribution >= 0.6 is 7.82 Å². The van der Waals surface area contributed by atoms with E-state index in [0.29, 0.717) is 17.4 Å². The molecule has 0 spiro atoms. The molecule has 70 heavy (non-hydrogen) atoms. The predicted molar refractivity (Wildman–Crippen MR) is 298 cm³/mol. The van der Waals surface area contributed by atoms with Gasteiger partial charge in [-0.3, -0.25) is 14.2 Å². The van der Waals surface area contributed by atoms with Gasteiger partial charge in [0.1, 0.15) is 19.3 Å². The van der Waals surface area contributed by atoms with Crippen LogP contribution in [0.15, 0.2) is 48.6 Å². The summed E-state index contributed by atoms with van der Waals surface area (Å²) in [6.07, 6.45) is 60.9. The fourth-order valence-corrected chi connectivity index (χ4v) is 9.11. The first-order chi connectivity index (χ1) is 33.9. The summed E-state index contributed by atoms with van der Waals surface area (Å²) in [5.41, 5.74) is 0. The lowest BCUT2D eigenvalue weighted by Crippen LogP contribution is -2.47. The number of phosphoric ester groups is 1. The minimum Gasteiger partial charge on any atom is -0.756 e. The number of unbranched alkanes of at least 4 members (excludes halogenated alkanes) is 31. The van der Waals surface area contributed by atoms with Gasteiger partial charge in [-0.15, -0.1) is 0 Å². The molecule has 0 radical (unpaired) electrons. The molecule has 0 aromatic rings. The van der Waals surface area contributed by atoms with E-state index in [9.17, 15) is 19.0 Å². The molecule has 0 aliphatic rings. The van der Waals surface area contributed by atoms with E-state index < -0.39 is 26.6 Å². The smallest absolute Gasteiger partial charge is 0.306 e. The van der Waals surface area contributed by atoms with E-state index in [4.69, 9.17) is 13.8 Å². The molecule has 3 unspecified atom stereocenters. The van der Waals surface area contributed by atoms with E-state index in [2.05, 4.69) is 56.5 Å². The summed E-state index contributed by atoms with van der Waals surface area (Å²) >= 11 is 0. The monoisotopic (exact) mass is 1000 g/mol. The molecule has 0 aliphatic heterocycles. The van der Waals surface area contributed by atoms with Gasteiger partial charge in [0, 0.05) is 12.8 Å². The summed E-state index contributed by atoms with van der Waals surface area (Å²) in [5.74, 6) is -0.617. The molecule has 0 aliphatic carbocycles. The zero-order valence-corrected chi connectivity index (χ0v) is 47.6. The van der Waals surface area contributed by atoms with Crippen molar-refractivity contribution >= 4 is 19.7 Å². The third-order valence-electron chi connectivity index (χ3n) is 13.0. The average molecular weight is 1010 g/mol. The summed E-state index contributed by atoms with van der Waals surface area (Å²) in [4.78, 5) is 39.8. The fraction of sp³-hybridized carbons (Fsp3) is 0.833. The summed E-state index contributed by atoms with van der Waals surface area (Å²) < 4.78 is 30.2. The Morgan fingerprint density at radius 2 is 0.886 bits per heavy atom. The Morgan fingerprint density at radius 1 is 0.500 bits per heavy atom. The maximum absolute atomic E-state index is 13.4. The van der Waals surface area contributed by atoms with Crippen LogP contribution in [-0.4, -0.2) is 69.4 Å². The molecule has 3 atom stereocenters. The Balaban J connectivity index is 5.33. The first kappa shape index (κ1) is 68.0. The highest BCUT2D eigenvalue weighted by Gasteiger charge is 2.27. The summed E-state index contributed by atoms with van der Waals surface area (Å²) in [5, 5.41) is 2.98. The van der Waals surface area contributed by atoms with E-state index in [-0.39, 0.29) is 31.3 Å². The van der Waals surface area contributed by atoms with E-state index in [1.807, 2.05) is 39.4 Å². The molecule has 0 rings (SSSR count). The van der Waals surface area contributed by atoms with Crippen LogP contribution < -0.4 is 10.2 Å². The minimum atomic E-state index is -4.71. The molecule has 0 aromatic heterocycles. The second-order valence-electron chi connectivity index (χ2n) is 21.1. The number of rotatable bonds is 53. The van der Waals surface area contributed by atoms with Crippen molar-refractivity contribution in [2.75, 3.05) is 40.9 Å². The van der Waals surface area contributed by atoms with Gasteiger partial charge in [-0.05, 0) is 76.7 Å². The first-order valence-corrected chi connectivity index (χ1v) is 30.9. The molecule has 9 nitrogen and oxygen atoms in total. The molecule has 0 bridgehead atoms. The lowest BCUT2D eigenvalue weighted by molar-refractivity contribution is -0.870. The van der Waals surface area contributed by atoms with Crippen LogP contribution in [0.3, 0.4) is 0 Å². The van der Waals surface area contributed by atoms with Gasteiger partial charge in [0.2, 0.25) is 5.91 Å². The van der Waals surface area contributed by atoms with Crippen molar-refractivity contribution in [1.29, 1.82) is 0 Å². The standard InChI is InChI=1S/C60H113N2O7P/c1-7-10-13-16-19-22-25-28-29-30-31-32-33-35-38-41-44-47-50-53-60(64)69-58(51-48-45-42-39-36-27-24-21-18-15-12-9-3)57(56-68-70(65,66)67-55-54-62(4,5)6)61-59(63)52-49-46-43-40-37-34-26-23-20-17-14-11-8-2/h28-29,34,37,43,46,48,51,57-58H,7-27,30-33,35-36,38-42,44-45,47,49-50,52-56H2,1-6H3,(H-,61,63,65,66)/b29-28+,37-34-,46-43+,51-48-. The molecule has 410 valence electrons. The average Bonchev–Trinajstić information content (AvgIpc) is 3.32. The van der Waals surface area contributed by atoms with Crippen molar-refractivity contribution < 1.29 is 37.3 Å². The lowest BCUT2D eigenvalue weighted by Gasteiger charge is -2.30. The van der Waals surface area contributed by atoms with Crippen molar-refractivity contribution in [3.63, 3.8) is 0 Å². The van der Waals surface area contributed by atoms with Crippen molar-refractivity contribution in [1.82, 2.24) is 5.32 Å². The van der Waals surface area contributed by atoms with Gasteiger partial charge in [-0.1, -0.05) is 230 Å². The van der Waals surface area contributed by atoms with Gasteiger partial charge >= 0.3 is 5.97 Å². The number of carbonyl (C=O) groups excluding carboxylic acids is 2. The van der Waals surface area contributed by atoms with Crippen LogP contribution in [0.1, 0.15) is 271 Å². The molecule has 1 N–H and O–H groups in total. The highest BCUT2D eigenvalue weighted by Crippen LogP contribution is 2.38. The number of amides is 1. The summed E-state index contributed by atoms with van der Waals surface area (Å²) in [6, 6.07) is -0.917. The highest BCUT2D eigenvalue weighted by atomic mass is 31.2. The highest BCUT2D eigenvalue weighted by molar-refractivity contribution is 7.45. The number of carbonyl (C=O) groups is 2. The molecule has 0 fully saturated rings. The van der Waals surface area contributed by atoms with Gasteiger partial charge in [0.25, 0.3) is 7.82 Å². The van der Waals surface area contributed by atoms with Crippen LogP contribution in [0.25, 0.3) is 0 Å². The first-order valence-electron chi connectivity index (χ1n) is 29.4. The van der Waals surface area contributed by atoms with Gasteiger partial charge in [0.05, 0.1) is 33.8 Å². The Hall–Kier alpha value is -2.03. The zero-order valence-electron chi connectivity index (χ0n) is 46.7. The summed E-state index contributed by atoms with van der Waals surface area (Å²) in [6.45, 7) is 6.79. The Labute approximate surface area is 433 Å². The SMILES string of the molecule is CCCCCCCC/C=C\C/C=C/CCC(=O)NC(COP(=O)([O-])OCC[N+](C)(C)C)C(/C=C\CCCCCCCCCCCC)OC(=O)CCCCCCCCCCC/C=C/CCCCCCCC. The van der Waals surface area contributed by atoms with Crippen LogP contribution in [0, 0.1) is 0 Å². The van der Waals surface area contributed by atoms with Gasteiger partial charge in [-0.2, -0.15) is 0 Å². The molecule has 0 saturated carbocycles. The van der Waals surface area contributed by atoms with Crippen molar-refractivity contribution in [3.05, 3.63) is 48.6 Å². The largest absolute Gasteiger partial charge is 0.756 e. The number of hydrogen-bond donors (Lipinski definition) is 1. The number of quaternary nitrogens is 1. The number of nitrogens with zero attached hydrogens (tertiary/aromatic N) is 1. The summed E-state index contributed by atoms with van der Waals surface area (Å²) in [7, 11) is 1.16. The predicted octanol–water partition coefficient (Wildman–Crippen LogP) is 17.1. The van der Waals surface area contributed by atoms with Crippen molar-refractivity contribution in [2.24, 2.45) is 0 Å². The van der Waals surface area contributed by atoms with E-state index in [0.717, 1.165) is 51.4 Å². The molecule has 1 amide bonds. The number of likely N-dealkylation sites (N-methyl/N-ethyl adjacent to an activating group) is 1. The fourth-order valence-electron chi connectivity index (χ4n) is 8.39. The lowest BCUT2D eigenvalue weighted by atomic mass is 10.0. The second-order valence-corrected chi connectivity index (χ2v) is 22.6. The molecule has 0 aromatic carbocycles. The van der Waals surface area contributed by atoms with E-state index in [1.54, 1.807) is 0 Å². The molecular weight excluding hydrogens is 892 g/mol. The Bertz CT molecular complexity index is 1340. The Morgan fingerprint density at radius 3 is 1.33 bits per heavy atom. The number of phosphoric acid groups is 1. The van der Waals surface area contributed by atoms with Gasteiger partial charge < -0.3 is 28.5 Å². The minimum absolute atomic E-state index is 0.0314. The zero-order chi connectivity index (χ0) is 51.5. The van der Waals surface area contributed by atoms with Crippen LogP contribution in [0.4, 0.5) is 0 Å². The van der Waals surface area contributed by atoms with Crippen LogP contribution in [0.2, 0.25) is 0 Å². The molecule has 0 saturated heterocycles. The normalized spacial score (nSPS) is 14.1. The number of nitrogens with one attached hydrogen (secondary N) is 1. The van der Waals surface area contributed by atoms with Gasteiger partial charge in [0.15, 0.2) is 0 Å². The number of hydrogen-bond acceptors (Lipinski definition) is 7. The number of ether oxygens (including phenoxy) is 1. The maximum Gasteiger partial charge on any atom is 0.306 e. The number of esters is 1. The van der Waals surface area contributed by atoms with Crippen LogP contribution in [0.5, 0.6) is 0 Å². The van der Waals surface area contributed by atoms with Crippen LogP contribution in [-0.2, 0) is 27.9 Å². The molecule has 10 heteroatoms. The third kappa shape index (κ3) is 50.9. The second kappa shape index (κ2) is 50.5. The topological polar surface area (TPSA) is 114 Å². The van der Waals surface area contributed by atoms with Crippen molar-refractivity contribution in [3.8, 4) is 0 Å². The quantitative estimate of drug-likeness (QED) is 0.0212. The molecule has 0 heterocycles. The van der Waals surface area contributed by atoms with E-state index >= 15 is 0 Å². The third-order valence-corrected chi connectivity index (χ3v) is 14.0. The Kier molecular flexibility index (Phi) is 49.0. The molecular formula is C60H113N2O7P. The maximum atomic E-state index is 13.4. The van der Waals surface area contributed by atoms with E-state index in [1.165, 1.54) is 180 Å².